The van der Waals surface area contributed by atoms with E-state index >= 15 is 0 Å². The summed E-state index contributed by atoms with van der Waals surface area (Å²) in [5.74, 6) is 1.28. The molecule has 0 heterocycles. The number of carboxylic acid groups (broad SMARTS) is 2. The zero-order valence-electron chi connectivity index (χ0n) is 10.2. The third-order valence-electron chi connectivity index (χ3n) is 2.24. The van der Waals surface area contributed by atoms with Crippen LogP contribution in [0.5, 0.6) is 0 Å². The van der Waals surface area contributed by atoms with Gasteiger partial charge in [0.1, 0.15) is 0 Å². The van der Waals surface area contributed by atoms with Crippen LogP contribution in [0.1, 0.15) is 50.7 Å². The average Bonchev–Trinajstić information content (AvgIpc) is 2.16. The first-order valence-corrected chi connectivity index (χ1v) is 5.33. The first kappa shape index (κ1) is 14.5. The van der Waals surface area contributed by atoms with Gasteiger partial charge < -0.3 is 15.0 Å². The lowest BCUT2D eigenvalue weighted by Gasteiger charge is -2.14. The van der Waals surface area contributed by atoms with Crippen LogP contribution in [0.2, 0.25) is 0 Å². The van der Waals surface area contributed by atoms with E-state index in [0.717, 1.165) is 0 Å². The summed E-state index contributed by atoms with van der Waals surface area (Å²) in [6.45, 7) is 9.00. The molecule has 0 fully saturated rings. The van der Waals surface area contributed by atoms with E-state index in [1.54, 1.807) is 0 Å². The van der Waals surface area contributed by atoms with Gasteiger partial charge in [0.05, 0.1) is 0 Å². The molecule has 3 heteroatoms. The first-order chi connectivity index (χ1) is 7.36. The topological polar surface area (TPSA) is 63.2 Å². The fourth-order valence-electron chi connectivity index (χ4n) is 1.56. The molecular formula is C13H18O3-2. The number of hydrogen-bond acceptors (Lipinski definition) is 3. The van der Waals surface area contributed by atoms with Gasteiger partial charge in [0.2, 0.25) is 0 Å². The molecule has 90 valence electrons. The van der Waals surface area contributed by atoms with Crippen LogP contribution < -0.4 is 10.2 Å². The summed E-state index contributed by atoms with van der Waals surface area (Å²) in [6, 6.07) is 8.72. The van der Waals surface area contributed by atoms with E-state index in [2.05, 4.69) is 52.0 Å². The van der Waals surface area contributed by atoms with Gasteiger partial charge in [-0.1, -0.05) is 52.0 Å². The number of carbonyl (C=O) groups is 1. The Morgan fingerprint density at radius 3 is 1.38 bits per heavy atom. The molecule has 0 radical (unpaired) electrons. The second-order valence-corrected chi connectivity index (χ2v) is 4.19. The van der Waals surface area contributed by atoms with Crippen LogP contribution in [-0.2, 0) is 0 Å². The number of hydrogen-bond donors (Lipinski definition) is 0. The molecule has 0 aliphatic rings. The van der Waals surface area contributed by atoms with Crippen molar-refractivity contribution in [3.63, 3.8) is 0 Å². The van der Waals surface area contributed by atoms with Crippen molar-refractivity contribution in [2.75, 3.05) is 0 Å². The largest absolute Gasteiger partial charge is 0.652 e. The van der Waals surface area contributed by atoms with Gasteiger partial charge in [0, 0.05) is 0 Å². The lowest BCUT2D eigenvalue weighted by Crippen LogP contribution is -2.37. The maximum Gasteiger partial charge on any atom is -0.0216 e. The summed E-state index contributed by atoms with van der Waals surface area (Å²) in [5.41, 5.74) is 2.99. The molecule has 0 aromatic heterocycles. The van der Waals surface area contributed by atoms with Gasteiger partial charge in [-0.2, -0.15) is 0 Å². The second kappa shape index (κ2) is 6.88. The van der Waals surface area contributed by atoms with E-state index in [0.29, 0.717) is 11.8 Å². The van der Waals surface area contributed by atoms with Crippen molar-refractivity contribution in [1.29, 1.82) is 0 Å². The molecule has 0 aliphatic carbocycles. The smallest absolute Gasteiger partial charge is 0.0216 e. The molecule has 1 rings (SSSR count). The third-order valence-corrected chi connectivity index (χ3v) is 2.24. The minimum absolute atomic E-state index is 0.642. The quantitative estimate of drug-likeness (QED) is 0.761. The SMILES string of the molecule is CC(C)c1ccccc1C(C)C.O=C([O-])[O-]. The van der Waals surface area contributed by atoms with Gasteiger partial charge >= 0.3 is 0 Å². The van der Waals surface area contributed by atoms with Crippen LogP contribution in [0.15, 0.2) is 24.3 Å². The Kier molecular flexibility index (Phi) is 6.23. The predicted molar refractivity (Wildman–Crippen MR) is 60.0 cm³/mol. The van der Waals surface area contributed by atoms with Gasteiger partial charge in [-0.05, 0) is 29.1 Å². The Morgan fingerprint density at radius 1 is 0.938 bits per heavy atom. The predicted octanol–water partition coefficient (Wildman–Crippen LogP) is 1.49. The molecule has 0 saturated heterocycles. The summed E-state index contributed by atoms with van der Waals surface area (Å²) >= 11 is 0. The molecule has 0 amide bonds. The zero-order chi connectivity index (χ0) is 12.7. The minimum atomic E-state index is -2.33. The van der Waals surface area contributed by atoms with Crippen molar-refractivity contribution in [2.45, 2.75) is 39.5 Å². The highest BCUT2D eigenvalue weighted by Gasteiger charge is 2.07. The van der Waals surface area contributed by atoms with Crippen LogP contribution in [0.4, 0.5) is 4.79 Å². The van der Waals surface area contributed by atoms with Crippen LogP contribution >= 0.6 is 0 Å². The van der Waals surface area contributed by atoms with Crippen LogP contribution in [0, 0.1) is 0 Å². The summed E-state index contributed by atoms with van der Waals surface area (Å²) in [4.78, 5) is 8.33. The van der Waals surface area contributed by atoms with E-state index in [1.165, 1.54) is 11.1 Å². The lowest BCUT2D eigenvalue weighted by molar-refractivity contribution is -0.415. The fraction of sp³-hybridized carbons (Fsp3) is 0.462. The van der Waals surface area contributed by atoms with Gasteiger partial charge in [-0.15, -0.1) is 0 Å². The fourth-order valence-corrected chi connectivity index (χ4v) is 1.56. The molecule has 0 unspecified atom stereocenters. The maximum absolute atomic E-state index is 8.33. The Morgan fingerprint density at radius 2 is 1.19 bits per heavy atom. The summed E-state index contributed by atoms with van der Waals surface area (Å²) in [6.07, 6.45) is -2.33. The van der Waals surface area contributed by atoms with E-state index < -0.39 is 6.16 Å². The molecule has 0 atom stereocenters. The molecule has 0 N–H and O–H groups in total. The van der Waals surface area contributed by atoms with Gasteiger partial charge in [0.25, 0.3) is 0 Å². The van der Waals surface area contributed by atoms with Crippen molar-refractivity contribution >= 4 is 6.16 Å². The van der Waals surface area contributed by atoms with Crippen molar-refractivity contribution in [3.05, 3.63) is 35.4 Å². The summed E-state index contributed by atoms with van der Waals surface area (Å²) in [7, 11) is 0. The lowest BCUT2D eigenvalue weighted by atomic mass is 9.91. The Balaban J connectivity index is 0.000000487. The zero-order valence-corrected chi connectivity index (χ0v) is 10.2. The van der Waals surface area contributed by atoms with E-state index in [-0.39, 0.29) is 0 Å². The van der Waals surface area contributed by atoms with E-state index in [4.69, 9.17) is 15.0 Å². The molecular weight excluding hydrogens is 204 g/mol. The molecule has 1 aromatic rings. The highest BCUT2D eigenvalue weighted by atomic mass is 16.6. The Labute approximate surface area is 96.7 Å². The van der Waals surface area contributed by atoms with Crippen LogP contribution in [0.3, 0.4) is 0 Å². The Bertz CT molecular complexity index is 299. The van der Waals surface area contributed by atoms with Gasteiger partial charge in [-0.3, -0.25) is 0 Å². The van der Waals surface area contributed by atoms with Crippen LogP contribution in [0.25, 0.3) is 0 Å². The normalized spacial score (nSPS) is 9.88. The van der Waals surface area contributed by atoms with Gasteiger partial charge in [-0.25, -0.2) is 0 Å². The van der Waals surface area contributed by atoms with E-state index in [1.807, 2.05) is 0 Å². The van der Waals surface area contributed by atoms with Gasteiger partial charge in [0.15, 0.2) is 0 Å². The number of benzene rings is 1. The van der Waals surface area contributed by atoms with Crippen LogP contribution in [-0.4, -0.2) is 6.16 Å². The second-order valence-electron chi connectivity index (χ2n) is 4.19. The molecule has 1 aromatic carbocycles. The van der Waals surface area contributed by atoms with Crippen molar-refractivity contribution < 1.29 is 15.0 Å². The molecule has 0 aliphatic heterocycles. The molecule has 0 bridgehead atoms. The molecule has 3 nitrogen and oxygen atoms in total. The molecule has 0 saturated carbocycles. The highest BCUT2D eigenvalue weighted by molar-refractivity contribution is 5.47. The van der Waals surface area contributed by atoms with Crippen molar-refractivity contribution in [3.8, 4) is 0 Å². The average molecular weight is 222 g/mol. The summed E-state index contributed by atoms with van der Waals surface area (Å²) < 4.78 is 0. The van der Waals surface area contributed by atoms with Crippen molar-refractivity contribution in [2.24, 2.45) is 0 Å². The molecule has 0 spiro atoms. The van der Waals surface area contributed by atoms with E-state index in [9.17, 15) is 0 Å². The van der Waals surface area contributed by atoms with Crippen molar-refractivity contribution in [1.82, 2.24) is 0 Å². The monoisotopic (exact) mass is 222 g/mol. The third kappa shape index (κ3) is 5.39. The standard InChI is InChI=1S/C12H18.CH2O3/c1-9(2)11-7-5-6-8-12(11)10(3)4;2-1(3)4/h5-10H,1-4H3;(H2,2,3,4)/p-2. The highest BCUT2D eigenvalue weighted by Crippen LogP contribution is 2.25. The maximum atomic E-state index is 8.33. The first-order valence-electron chi connectivity index (χ1n) is 5.33. The number of rotatable bonds is 2. The minimum Gasteiger partial charge on any atom is -0.652 e. The molecule has 16 heavy (non-hydrogen) atoms. The Hall–Kier alpha value is -1.51. The summed E-state index contributed by atoms with van der Waals surface area (Å²) in [5, 5.41) is 16.7. The number of carbonyl (C=O) groups excluding carboxylic acids is 1.